The van der Waals surface area contributed by atoms with E-state index >= 15 is 0 Å². The maximum atomic E-state index is 12.4. The Kier molecular flexibility index (Phi) is 4.34. The average molecular weight is 316 g/mol. The molecule has 0 unspecified atom stereocenters. The van der Waals surface area contributed by atoms with Gasteiger partial charge in [0.25, 0.3) is 5.91 Å². The van der Waals surface area contributed by atoms with Gasteiger partial charge >= 0.3 is 5.97 Å². The van der Waals surface area contributed by atoms with Crippen molar-refractivity contribution in [3.8, 4) is 0 Å². The van der Waals surface area contributed by atoms with Crippen molar-refractivity contribution < 1.29 is 19.4 Å². The maximum absolute atomic E-state index is 12.4. The highest BCUT2D eigenvalue weighted by Crippen LogP contribution is 2.40. The standard InChI is InChI=1S/C17H20N2O4/c1-23-17(22)14-10-19(8-9-20)16(21)15(14)18-13-6-4-12(5-7-13)11-2-3-11/h4-7,11,18,20H,2-3,8-10H2,1H3. The smallest absolute Gasteiger partial charge is 0.337 e. The van der Waals surface area contributed by atoms with Crippen LogP contribution in [0.5, 0.6) is 0 Å². The largest absolute Gasteiger partial charge is 0.466 e. The molecule has 1 aromatic rings. The highest BCUT2D eigenvalue weighted by molar-refractivity contribution is 6.08. The quantitative estimate of drug-likeness (QED) is 0.772. The molecule has 2 N–H and O–H groups in total. The maximum Gasteiger partial charge on any atom is 0.337 e. The zero-order chi connectivity index (χ0) is 16.4. The molecule has 2 aliphatic rings. The second-order valence-electron chi connectivity index (χ2n) is 5.82. The minimum absolute atomic E-state index is 0.147. The number of ether oxygens (including phenoxy) is 1. The fraction of sp³-hybridized carbons (Fsp3) is 0.412. The Morgan fingerprint density at radius 2 is 2.04 bits per heavy atom. The van der Waals surface area contributed by atoms with Gasteiger partial charge in [0.15, 0.2) is 0 Å². The lowest BCUT2D eigenvalue weighted by atomic mass is 10.1. The monoisotopic (exact) mass is 316 g/mol. The predicted molar refractivity (Wildman–Crippen MR) is 84.7 cm³/mol. The van der Waals surface area contributed by atoms with E-state index in [9.17, 15) is 9.59 Å². The summed E-state index contributed by atoms with van der Waals surface area (Å²) >= 11 is 0. The van der Waals surface area contributed by atoms with E-state index in [1.807, 2.05) is 24.3 Å². The Morgan fingerprint density at radius 1 is 1.35 bits per heavy atom. The molecule has 122 valence electrons. The number of carbonyl (C=O) groups excluding carboxylic acids is 2. The summed E-state index contributed by atoms with van der Waals surface area (Å²) in [7, 11) is 1.29. The van der Waals surface area contributed by atoms with Crippen LogP contribution in [0, 0.1) is 0 Å². The van der Waals surface area contributed by atoms with Crippen molar-refractivity contribution in [1.29, 1.82) is 0 Å². The Balaban J connectivity index is 1.81. The molecular formula is C17H20N2O4. The number of esters is 1. The third-order valence-electron chi connectivity index (χ3n) is 4.18. The number of aliphatic hydroxyl groups is 1. The van der Waals surface area contributed by atoms with Crippen molar-refractivity contribution in [1.82, 2.24) is 4.90 Å². The third kappa shape index (κ3) is 3.22. The minimum Gasteiger partial charge on any atom is -0.466 e. The highest BCUT2D eigenvalue weighted by atomic mass is 16.5. The van der Waals surface area contributed by atoms with Gasteiger partial charge < -0.3 is 20.1 Å². The van der Waals surface area contributed by atoms with Crippen LogP contribution in [-0.4, -0.2) is 48.7 Å². The number of hydrogen-bond acceptors (Lipinski definition) is 5. The fourth-order valence-corrected chi connectivity index (χ4v) is 2.75. The summed E-state index contributed by atoms with van der Waals surface area (Å²) in [6.45, 7) is 0.184. The first-order valence-corrected chi connectivity index (χ1v) is 7.72. The van der Waals surface area contributed by atoms with Crippen LogP contribution in [0.4, 0.5) is 5.69 Å². The van der Waals surface area contributed by atoms with Gasteiger partial charge in [0, 0.05) is 12.2 Å². The first-order chi connectivity index (χ1) is 11.1. The van der Waals surface area contributed by atoms with Gasteiger partial charge in [0.1, 0.15) is 5.70 Å². The number of benzene rings is 1. The number of rotatable bonds is 6. The molecule has 6 heteroatoms. The summed E-state index contributed by atoms with van der Waals surface area (Å²) in [4.78, 5) is 25.7. The van der Waals surface area contributed by atoms with Gasteiger partial charge in [0.2, 0.25) is 0 Å². The lowest BCUT2D eigenvalue weighted by Gasteiger charge is -2.15. The fourth-order valence-electron chi connectivity index (χ4n) is 2.75. The van der Waals surface area contributed by atoms with Gasteiger partial charge in [-0.15, -0.1) is 0 Å². The molecular weight excluding hydrogens is 296 g/mol. The van der Waals surface area contributed by atoms with E-state index in [2.05, 4.69) is 5.32 Å². The van der Waals surface area contributed by atoms with E-state index in [0.29, 0.717) is 5.92 Å². The van der Waals surface area contributed by atoms with Crippen molar-refractivity contribution in [2.45, 2.75) is 18.8 Å². The molecule has 0 spiro atoms. The third-order valence-corrected chi connectivity index (χ3v) is 4.18. The molecule has 0 bridgehead atoms. The van der Waals surface area contributed by atoms with E-state index < -0.39 is 5.97 Å². The van der Waals surface area contributed by atoms with Crippen molar-refractivity contribution in [3.63, 3.8) is 0 Å². The van der Waals surface area contributed by atoms with Gasteiger partial charge in [0.05, 0.1) is 25.8 Å². The molecule has 23 heavy (non-hydrogen) atoms. The summed E-state index contributed by atoms with van der Waals surface area (Å²) < 4.78 is 4.76. The molecule has 1 heterocycles. The molecule has 0 saturated heterocycles. The summed E-state index contributed by atoms with van der Waals surface area (Å²) in [6, 6.07) is 7.92. The minimum atomic E-state index is -0.532. The number of β-amino-alcohol motifs (C(OH)–C–C–N with tert-alkyl or cyclic N) is 1. The SMILES string of the molecule is COC(=O)C1=C(Nc2ccc(C3CC3)cc2)C(=O)N(CCO)C1. The lowest BCUT2D eigenvalue weighted by molar-refractivity contribution is -0.136. The topological polar surface area (TPSA) is 78.9 Å². The van der Waals surface area contributed by atoms with Gasteiger partial charge in [-0.05, 0) is 36.5 Å². The summed E-state index contributed by atoms with van der Waals surface area (Å²) in [5, 5.41) is 12.1. The lowest BCUT2D eigenvalue weighted by Crippen LogP contribution is -2.31. The van der Waals surface area contributed by atoms with Crippen molar-refractivity contribution >= 4 is 17.6 Å². The van der Waals surface area contributed by atoms with Crippen LogP contribution in [0.3, 0.4) is 0 Å². The van der Waals surface area contributed by atoms with Crippen molar-refractivity contribution in [2.75, 3.05) is 32.1 Å². The van der Waals surface area contributed by atoms with E-state index in [-0.39, 0.29) is 36.9 Å². The number of anilines is 1. The van der Waals surface area contributed by atoms with Gasteiger partial charge in [-0.25, -0.2) is 4.79 Å². The second-order valence-corrected chi connectivity index (χ2v) is 5.82. The van der Waals surface area contributed by atoms with Gasteiger partial charge in [-0.1, -0.05) is 12.1 Å². The number of aliphatic hydroxyl groups excluding tert-OH is 1. The predicted octanol–water partition coefficient (Wildman–Crippen LogP) is 1.24. The molecule has 1 aliphatic heterocycles. The second kappa shape index (κ2) is 6.42. The molecule has 1 aromatic carbocycles. The summed E-state index contributed by atoms with van der Waals surface area (Å²) in [5.74, 6) is -0.163. The molecule has 6 nitrogen and oxygen atoms in total. The average Bonchev–Trinajstić information content (AvgIpc) is 3.37. The molecule has 1 fully saturated rings. The Hall–Kier alpha value is -2.34. The van der Waals surface area contributed by atoms with Crippen LogP contribution in [0.1, 0.15) is 24.3 Å². The number of methoxy groups -OCH3 is 1. The first kappa shape index (κ1) is 15.6. The number of carbonyl (C=O) groups is 2. The van der Waals surface area contributed by atoms with E-state index in [1.54, 1.807) is 0 Å². The van der Waals surface area contributed by atoms with Crippen LogP contribution >= 0.6 is 0 Å². The number of hydrogen-bond donors (Lipinski definition) is 2. The molecule has 0 radical (unpaired) electrons. The Morgan fingerprint density at radius 3 is 2.61 bits per heavy atom. The van der Waals surface area contributed by atoms with Crippen LogP contribution in [-0.2, 0) is 14.3 Å². The van der Waals surface area contributed by atoms with Gasteiger partial charge in [-0.2, -0.15) is 0 Å². The zero-order valence-corrected chi connectivity index (χ0v) is 13.0. The van der Waals surface area contributed by atoms with Gasteiger partial charge in [-0.3, -0.25) is 4.79 Å². The molecule has 3 rings (SSSR count). The molecule has 0 aromatic heterocycles. The summed E-state index contributed by atoms with van der Waals surface area (Å²) in [5.41, 5.74) is 2.57. The van der Waals surface area contributed by atoms with E-state index in [0.717, 1.165) is 5.69 Å². The highest BCUT2D eigenvalue weighted by Gasteiger charge is 2.34. The Bertz CT molecular complexity index is 647. The summed E-state index contributed by atoms with van der Waals surface area (Å²) in [6.07, 6.45) is 2.47. The first-order valence-electron chi connectivity index (χ1n) is 7.72. The number of nitrogens with zero attached hydrogens (tertiary/aromatic N) is 1. The molecule has 1 saturated carbocycles. The van der Waals surface area contributed by atoms with Crippen LogP contribution in [0.25, 0.3) is 0 Å². The molecule has 1 amide bonds. The normalized spacial score (nSPS) is 17.7. The van der Waals surface area contributed by atoms with Crippen molar-refractivity contribution in [3.05, 3.63) is 41.1 Å². The molecule has 0 atom stereocenters. The Labute approximate surface area is 134 Å². The van der Waals surface area contributed by atoms with E-state index in [4.69, 9.17) is 9.84 Å². The molecule has 1 aliphatic carbocycles. The number of amides is 1. The zero-order valence-electron chi connectivity index (χ0n) is 13.0. The van der Waals surface area contributed by atoms with E-state index in [1.165, 1.54) is 30.4 Å². The number of nitrogens with one attached hydrogen (secondary N) is 1. The van der Waals surface area contributed by atoms with Crippen LogP contribution in [0.15, 0.2) is 35.5 Å². The van der Waals surface area contributed by atoms with Crippen LogP contribution < -0.4 is 5.32 Å². The van der Waals surface area contributed by atoms with Crippen LogP contribution in [0.2, 0.25) is 0 Å². The van der Waals surface area contributed by atoms with Crippen molar-refractivity contribution in [2.24, 2.45) is 0 Å².